The molecule has 0 saturated carbocycles. The summed E-state index contributed by atoms with van der Waals surface area (Å²) >= 11 is 0. The quantitative estimate of drug-likeness (QED) is 0.789. The number of ether oxygens (including phenoxy) is 1. The lowest BCUT2D eigenvalue weighted by atomic mass is 10.1. The molecule has 1 atom stereocenters. The van der Waals surface area contributed by atoms with Gasteiger partial charge in [-0.05, 0) is 25.7 Å². The molecular formula is C13H26N2O2. The number of piperidine rings is 1. The standard InChI is InChI=1S/C13H26N2O2/c1-10(2)11(3)14-13(16)9-15-7-5-12(17-4)6-8-15/h10-12H,5-9H2,1-4H3,(H,14,16). The van der Waals surface area contributed by atoms with E-state index in [1.165, 1.54) is 0 Å². The lowest BCUT2D eigenvalue weighted by Crippen LogP contribution is -2.45. The van der Waals surface area contributed by atoms with Gasteiger partial charge >= 0.3 is 0 Å². The Hall–Kier alpha value is -0.610. The number of likely N-dealkylation sites (tertiary alicyclic amines) is 1. The van der Waals surface area contributed by atoms with E-state index in [0.717, 1.165) is 25.9 Å². The highest BCUT2D eigenvalue weighted by Gasteiger charge is 2.21. The molecule has 0 radical (unpaired) electrons. The summed E-state index contributed by atoms with van der Waals surface area (Å²) in [5.41, 5.74) is 0. The molecule has 1 aliphatic heterocycles. The highest BCUT2D eigenvalue weighted by atomic mass is 16.5. The monoisotopic (exact) mass is 242 g/mol. The van der Waals surface area contributed by atoms with E-state index in [4.69, 9.17) is 4.74 Å². The summed E-state index contributed by atoms with van der Waals surface area (Å²) in [5.74, 6) is 0.625. The van der Waals surface area contributed by atoms with Gasteiger partial charge in [0.05, 0.1) is 12.6 Å². The van der Waals surface area contributed by atoms with Crippen molar-refractivity contribution in [3.8, 4) is 0 Å². The molecule has 0 aromatic heterocycles. The predicted molar refractivity (Wildman–Crippen MR) is 68.9 cm³/mol. The van der Waals surface area contributed by atoms with Gasteiger partial charge in [-0.25, -0.2) is 0 Å². The average Bonchev–Trinajstić information content (AvgIpc) is 2.29. The summed E-state index contributed by atoms with van der Waals surface area (Å²) < 4.78 is 5.31. The van der Waals surface area contributed by atoms with E-state index in [2.05, 4.69) is 31.0 Å². The number of rotatable bonds is 5. The number of carbonyl (C=O) groups is 1. The molecule has 4 heteroatoms. The van der Waals surface area contributed by atoms with E-state index >= 15 is 0 Å². The van der Waals surface area contributed by atoms with Gasteiger partial charge in [0, 0.05) is 26.2 Å². The number of hydrogen-bond acceptors (Lipinski definition) is 3. The second kappa shape index (κ2) is 6.97. The van der Waals surface area contributed by atoms with Crippen molar-refractivity contribution in [1.29, 1.82) is 0 Å². The normalized spacial score (nSPS) is 20.5. The summed E-state index contributed by atoms with van der Waals surface area (Å²) in [7, 11) is 1.76. The van der Waals surface area contributed by atoms with Crippen LogP contribution >= 0.6 is 0 Å². The van der Waals surface area contributed by atoms with Crippen molar-refractivity contribution >= 4 is 5.91 Å². The molecule has 0 aliphatic carbocycles. The molecule has 1 rings (SSSR count). The zero-order valence-corrected chi connectivity index (χ0v) is 11.5. The highest BCUT2D eigenvalue weighted by molar-refractivity contribution is 5.78. The molecule has 0 spiro atoms. The van der Waals surface area contributed by atoms with Crippen LogP contribution in [0.15, 0.2) is 0 Å². The van der Waals surface area contributed by atoms with Crippen molar-refractivity contribution in [3.05, 3.63) is 0 Å². The number of hydrogen-bond donors (Lipinski definition) is 1. The Bertz CT molecular complexity index is 236. The van der Waals surface area contributed by atoms with E-state index in [9.17, 15) is 4.79 Å². The minimum Gasteiger partial charge on any atom is -0.381 e. The zero-order valence-electron chi connectivity index (χ0n) is 11.5. The molecule has 0 aromatic rings. The van der Waals surface area contributed by atoms with E-state index in [0.29, 0.717) is 18.6 Å². The first-order chi connectivity index (χ1) is 8.02. The van der Waals surface area contributed by atoms with Crippen molar-refractivity contribution < 1.29 is 9.53 Å². The minimum absolute atomic E-state index is 0.141. The Morgan fingerprint density at radius 2 is 1.94 bits per heavy atom. The smallest absolute Gasteiger partial charge is 0.234 e. The van der Waals surface area contributed by atoms with Gasteiger partial charge in [0.25, 0.3) is 0 Å². The molecule has 1 amide bonds. The van der Waals surface area contributed by atoms with Crippen molar-refractivity contribution in [2.24, 2.45) is 5.92 Å². The van der Waals surface area contributed by atoms with Crippen LogP contribution in [0.25, 0.3) is 0 Å². The number of carbonyl (C=O) groups excluding carboxylic acids is 1. The Balaban J connectivity index is 2.23. The summed E-state index contributed by atoms with van der Waals surface area (Å²) in [4.78, 5) is 14.0. The van der Waals surface area contributed by atoms with Crippen LogP contribution < -0.4 is 5.32 Å². The minimum atomic E-state index is 0.141. The second-order valence-electron chi connectivity index (χ2n) is 5.31. The molecule has 1 unspecified atom stereocenters. The number of methoxy groups -OCH3 is 1. The molecule has 0 bridgehead atoms. The molecule has 1 N–H and O–H groups in total. The molecule has 0 aromatic carbocycles. The third-order valence-corrected chi connectivity index (χ3v) is 3.62. The van der Waals surface area contributed by atoms with Crippen molar-refractivity contribution in [2.75, 3.05) is 26.7 Å². The molecule has 17 heavy (non-hydrogen) atoms. The van der Waals surface area contributed by atoms with Gasteiger partial charge in [-0.15, -0.1) is 0 Å². The lowest BCUT2D eigenvalue weighted by molar-refractivity contribution is -0.123. The molecule has 1 aliphatic rings. The molecule has 1 heterocycles. The van der Waals surface area contributed by atoms with Gasteiger partial charge in [0.2, 0.25) is 5.91 Å². The fraction of sp³-hybridized carbons (Fsp3) is 0.923. The topological polar surface area (TPSA) is 41.6 Å². The van der Waals surface area contributed by atoms with Gasteiger partial charge < -0.3 is 10.1 Å². The lowest BCUT2D eigenvalue weighted by Gasteiger charge is -2.31. The van der Waals surface area contributed by atoms with Crippen molar-refractivity contribution in [2.45, 2.75) is 45.8 Å². The third kappa shape index (κ3) is 5.04. The van der Waals surface area contributed by atoms with Gasteiger partial charge in [0.1, 0.15) is 0 Å². The predicted octanol–water partition coefficient (Wildman–Crippen LogP) is 1.26. The fourth-order valence-electron chi connectivity index (χ4n) is 1.97. The summed E-state index contributed by atoms with van der Waals surface area (Å²) in [5, 5.41) is 3.04. The van der Waals surface area contributed by atoms with E-state index in [1.54, 1.807) is 7.11 Å². The van der Waals surface area contributed by atoms with Crippen LogP contribution in [0.1, 0.15) is 33.6 Å². The Labute approximate surface area is 105 Å². The fourth-order valence-corrected chi connectivity index (χ4v) is 1.97. The number of nitrogens with zero attached hydrogens (tertiary/aromatic N) is 1. The van der Waals surface area contributed by atoms with Crippen LogP contribution in [0.5, 0.6) is 0 Å². The third-order valence-electron chi connectivity index (χ3n) is 3.62. The molecule has 1 saturated heterocycles. The van der Waals surface area contributed by atoms with Crippen LogP contribution in [-0.2, 0) is 9.53 Å². The molecule has 100 valence electrons. The van der Waals surface area contributed by atoms with E-state index < -0.39 is 0 Å². The first kappa shape index (κ1) is 14.5. The van der Waals surface area contributed by atoms with Crippen LogP contribution in [0.2, 0.25) is 0 Å². The largest absolute Gasteiger partial charge is 0.381 e. The van der Waals surface area contributed by atoms with Gasteiger partial charge in [0.15, 0.2) is 0 Å². The van der Waals surface area contributed by atoms with Crippen LogP contribution in [-0.4, -0.2) is 49.7 Å². The Kier molecular flexibility index (Phi) is 5.92. The van der Waals surface area contributed by atoms with Crippen LogP contribution in [0.3, 0.4) is 0 Å². The maximum absolute atomic E-state index is 11.8. The molecule has 1 fully saturated rings. The summed E-state index contributed by atoms with van der Waals surface area (Å²) in [6.45, 7) is 8.74. The van der Waals surface area contributed by atoms with Crippen molar-refractivity contribution in [1.82, 2.24) is 10.2 Å². The first-order valence-electron chi connectivity index (χ1n) is 6.57. The summed E-state index contributed by atoms with van der Waals surface area (Å²) in [6.07, 6.45) is 2.44. The second-order valence-corrected chi connectivity index (χ2v) is 5.31. The molecule has 4 nitrogen and oxygen atoms in total. The SMILES string of the molecule is COC1CCN(CC(=O)NC(C)C(C)C)CC1. The van der Waals surface area contributed by atoms with Gasteiger partial charge in [-0.3, -0.25) is 9.69 Å². The maximum atomic E-state index is 11.8. The van der Waals surface area contributed by atoms with E-state index in [-0.39, 0.29) is 11.9 Å². The van der Waals surface area contributed by atoms with E-state index in [1.807, 2.05) is 0 Å². The van der Waals surface area contributed by atoms with Crippen LogP contribution in [0, 0.1) is 5.92 Å². The Morgan fingerprint density at radius 1 is 1.35 bits per heavy atom. The van der Waals surface area contributed by atoms with Crippen molar-refractivity contribution in [3.63, 3.8) is 0 Å². The Morgan fingerprint density at radius 3 is 2.41 bits per heavy atom. The van der Waals surface area contributed by atoms with Gasteiger partial charge in [-0.2, -0.15) is 0 Å². The number of nitrogens with one attached hydrogen (secondary N) is 1. The van der Waals surface area contributed by atoms with Crippen LogP contribution in [0.4, 0.5) is 0 Å². The highest BCUT2D eigenvalue weighted by Crippen LogP contribution is 2.12. The first-order valence-corrected chi connectivity index (χ1v) is 6.57. The molecular weight excluding hydrogens is 216 g/mol. The summed E-state index contributed by atoms with van der Waals surface area (Å²) in [6, 6.07) is 0.249. The van der Waals surface area contributed by atoms with Gasteiger partial charge in [-0.1, -0.05) is 13.8 Å². The zero-order chi connectivity index (χ0) is 12.8. The average molecular weight is 242 g/mol. The maximum Gasteiger partial charge on any atom is 0.234 e. The number of amides is 1.